The number of ether oxygens (including phenoxy) is 2. The highest BCUT2D eigenvalue weighted by Gasteiger charge is 2.24. The lowest BCUT2D eigenvalue weighted by Gasteiger charge is -2.21. The molecule has 1 saturated heterocycles. The van der Waals surface area contributed by atoms with Crippen LogP contribution < -0.4 is 5.32 Å². The predicted octanol–water partition coefficient (Wildman–Crippen LogP) is 2.97. The van der Waals surface area contributed by atoms with E-state index in [1.165, 1.54) is 22.0 Å². The van der Waals surface area contributed by atoms with Gasteiger partial charge in [0.2, 0.25) is 0 Å². The van der Waals surface area contributed by atoms with Gasteiger partial charge in [0.15, 0.2) is 5.96 Å². The number of aromatic amines is 1. The lowest BCUT2D eigenvalue weighted by atomic mass is 10.1. The van der Waals surface area contributed by atoms with Crippen LogP contribution in [-0.4, -0.2) is 69.0 Å². The molecule has 3 rings (SSSR count). The molecule has 1 aromatic carbocycles. The van der Waals surface area contributed by atoms with Gasteiger partial charge in [0.25, 0.3) is 0 Å². The molecule has 6 nitrogen and oxygen atoms in total. The summed E-state index contributed by atoms with van der Waals surface area (Å²) in [6.07, 6.45) is 4.22. The summed E-state index contributed by atoms with van der Waals surface area (Å²) in [5, 5.41) is 4.77. The smallest absolute Gasteiger partial charge is 0.193 e. The van der Waals surface area contributed by atoms with Gasteiger partial charge in [-0.05, 0) is 37.8 Å². The SMILES string of the molecule is CCNC(=NCCc1c[nH]c2c(C)cccc12)N1CCC(COCCOC)C1. The number of likely N-dealkylation sites (tertiary alicyclic amines) is 1. The summed E-state index contributed by atoms with van der Waals surface area (Å²) in [5.74, 6) is 1.59. The zero-order valence-corrected chi connectivity index (χ0v) is 17.5. The summed E-state index contributed by atoms with van der Waals surface area (Å²) in [6.45, 7) is 10.1. The quantitative estimate of drug-likeness (QED) is 0.395. The molecule has 0 bridgehead atoms. The number of methoxy groups -OCH3 is 1. The molecular formula is C22H34N4O2. The molecule has 1 atom stereocenters. The third-order valence-electron chi connectivity index (χ3n) is 5.36. The minimum atomic E-state index is 0.567. The Hall–Kier alpha value is -2.05. The van der Waals surface area contributed by atoms with Gasteiger partial charge in [-0.1, -0.05) is 18.2 Å². The molecule has 1 unspecified atom stereocenters. The number of guanidine groups is 1. The second-order valence-electron chi connectivity index (χ2n) is 7.47. The number of benzene rings is 1. The van der Waals surface area contributed by atoms with Gasteiger partial charge >= 0.3 is 0 Å². The lowest BCUT2D eigenvalue weighted by Crippen LogP contribution is -2.40. The summed E-state index contributed by atoms with van der Waals surface area (Å²) in [6, 6.07) is 6.46. The van der Waals surface area contributed by atoms with Gasteiger partial charge in [-0.2, -0.15) is 0 Å². The fourth-order valence-electron chi connectivity index (χ4n) is 3.83. The van der Waals surface area contributed by atoms with E-state index in [0.717, 1.165) is 51.6 Å². The van der Waals surface area contributed by atoms with Crippen molar-refractivity contribution in [3.8, 4) is 0 Å². The van der Waals surface area contributed by atoms with Crippen molar-refractivity contribution in [2.45, 2.75) is 26.7 Å². The van der Waals surface area contributed by atoms with E-state index in [-0.39, 0.29) is 0 Å². The molecule has 2 aromatic rings. The van der Waals surface area contributed by atoms with Crippen LogP contribution in [0.4, 0.5) is 0 Å². The first-order valence-corrected chi connectivity index (χ1v) is 10.4. The maximum Gasteiger partial charge on any atom is 0.193 e. The first-order valence-electron chi connectivity index (χ1n) is 10.4. The topological polar surface area (TPSA) is 61.9 Å². The highest BCUT2D eigenvalue weighted by atomic mass is 16.5. The third kappa shape index (κ3) is 5.26. The van der Waals surface area contributed by atoms with Gasteiger partial charge in [0.05, 0.1) is 19.8 Å². The molecule has 0 spiro atoms. The second-order valence-corrected chi connectivity index (χ2v) is 7.47. The van der Waals surface area contributed by atoms with Crippen LogP contribution in [-0.2, 0) is 15.9 Å². The average Bonchev–Trinajstić information content (AvgIpc) is 3.33. The van der Waals surface area contributed by atoms with E-state index >= 15 is 0 Å². The number of fused-ring (bicyclic) bond motifs is 1. The molecule has 2 N–H and O–H groups in total. The minimum absolute atomic E-state index is 0.567. The molecule has 1 aromatic heterocycles. The van der Waals surface area contributed by atoms with Gasteiger partial charge in [0.1, 0.15) is 0 Å². The van der Waals surface area contributed by atoms with Crippen LogP contribution in [0.25, 0.3) is 10.9 Å². The van der Waals surface area contributed by atoms with Crippen molar-refractivity contribution in [1.82, 2.24) is 15.2 Å². The van der Waals surface area contributed by atoms with E-state index in [1.54, 1.807) is 7.11 Å². The van der Waals surface area contributed by atoms with Crippen molar-refractivity contribution in [1.29, 1.82) is 0 Å². The molecule has 0 radical (unpaired) electrons. The summed E-state index contributed by atoms with van der Waals surface area (Å²) in [5.41, 5.74) is 3.87. The van der Waals surface area contributed by atoms with Crippen LogP contribution in [0.3, 0.4) is 0 Å². The number of hydrogen-bond donors (Lipinski definition) is 2. The van der Waals surface area contributed by atoms with Crippen LogP contribution in [0, 0.1) is 12.8 Å². The number of nitrogens with one attached hydrogen (secondary N) is 2. The predicted molar refractivity (Wildman–Crippen MR) is 115 cm³/mol. The number of para-hydroxylation sites is 1. The summed E-state index contributed by atoms with van der Waals surface area (Å²) >= 11 is 0. The Balaban J connectivity index is 1.55. The standard InChI is InChI=1S/C22H34N4O2/c1-4-23-22(26-11-9-18(15-26)16-28-13-12-27-3)24-10-8-19-14-25-21-17(2)6-5-7-20(19)21/h5-7,14,18,25H,4,8-13,15-16H2,1-3H3,(H,23,24). The number of H-pyrrole nitrogens is 1. The molecule has 1 aliphatic rings. The van der Waals surface area contributed by atoms with Gasteiger partial charge in [0, 0.05) is 56.3 Å². The van der Waals surface area contributed by atoms with Crippen LogP contribution in [0.2, 0.25) is 0 Å². The fraction of sp³-hybridized carbons (Fsp3) is 0.591. The van der Waals surface area contributed by atoms with Crippen LogP contribution >= 0.6 is 0 Å². The molecule has 1 aliphatic heterocycles. The Bertz CT molecular complexity index is 771. The first kappa shape index (κ1) is 20.7. The maximum atomic E-state index is 5.71. The van der Waals surface area contributed by atoms with Crippen LogP contribution in [0.15, 0.2) is 29.4 Å². The van der Waals surface area contributed by atoms with Gasteiger partial charge in [-0.25, -0.2) is 0 Å². The van der Waals surface area contributed by atoms with E-state index in [4.69, 9.17) is 14.5 Å². The van der Waals surface area contributed by atoms with Crippen molar-refractivity contribution in [3.63, 3.8) is 0 Å². The highest BCUT2D eigenvalue weighted by molar-refractivity contribution is 5.86. The number of nitrogens with zero attached hydrogens (tertiary/aromatic N) is 2. The Morgan fingerprint density at radius 2 is 2.25 bits per heavy atom. The van der Waals surface area contributed by atoms with Crippen molar-refractivity contribution >= 4 is 16.9 Å². The number of aryl methyl sites for hydroxylation is 1. The summed E-state index contributed by atoms with van der Waals surface area (Å²) in [7, 11) is 1.71. The number of aromatic nitrogens is 1. The zero-order valence-electron chi connectivity index (χ0n) is 17.5. The molecule has 0 saturated carbocycles. The van der Waals surface area contributed by atoms with Gasteiger partial charge in [-0.15, -0.1) is 0 Å². The van der Waals surface area contributed by atoms with E-state index in [9.17, 15) is 0 Å². The highest BCUT2D eigenvalue weighted by Crippen LogP contribution is 2.22. The number of aliphatic imine (C=N–C) groups is 1. The van der Waals surface area contributed by atoms with Crippen LogP contribution in [0.1, 0.15) is 24.5 Å². The first-order chi connectivity index (χ1) is 13.7. The molecule has 154 valence electrons. The zero-order chi connectivity index (χ0) is 19.8. The molecule has 0 amide bonds. The van der Waals surface area contributed by atoms with Crippen LogP contribution in [0.5, 0.6) is 0 Å². The number of hydrogen-bond acceptors (Lipinski definition) is 3. The molecular weight excluding hydrogens is 352 g/mol. The second kappa shape index (κ2) is 10.5. The average molecular weight is 387 g/mol. The Morgan fingerprint density at radius 3 is 3.07 bits per heavy atom. The van der Waals surface area contributed by atoms with Crippen molar-refractivity contribution < 1.29 is 9.47 Å². The van der Waals surface area contributed by atoms with E-state index < -0.39 is 0 Å². The number of rotatable bonds is 9. The van der Waals surface area contributed by atoms with E-state index in [1.807, 2.05) is 0 Å². The molecule has 6 heteroatoms. The normalized spacial score (nSPS) is 17.6. The van der Waals surface area contributed by atoms with Gasteiger partial charge in [-0.3, -0.25) is 4.99 Å². The Kier molecular flexibility index (Phi) is 7.74. The lowest BCUT2D eigenvalue weighted by molar-refractivity contribution is 0.0536. The summed E-state index contributed by atoms with van der Waals surface area (Å²) < 4.78 is 10.8. The molecule has 0 aliphatic carbocycles. The summed E-state index contributed by atoms with van der Waals surface area (Å²) in [4.78, 5) is 10.7. The van der Waals surface area contributed by atoms with Gasteiger partial charge < -0.3 is 24.7 Å². The van der Waals surface area contributed by atoms with E-state index in [2.05, 4.69) is 53.4 Å². The van der Waals surface area contributed by atoms with Crippen molar-refractivity contribution in [2.75, 3.05) is 53.1 Å². The molecule has 2 heterocycles. The maximum absolute atomic E-state index is 5.71. The fourth-order valence-corrected chi connectivity index (χ4v) is 3.83. The Labute approximate surface area is 168 Å². The Morgan fingerprint density at radius 1 is 1.36 bits per heavy atom. The van der Waals surface area contributed by atoms with Crippen molar-refractivity contribution in [3.05, 3.63) is 35.5 Å². The van der Waals surface area contributed by atoms with Crippen molar-refractivity contribution in [2.24, 2.45) is 10.9 Å². The van der Waals surface area contributed by atoms with E-state index in [0.29, 0.717) is 19.1 Å². The molecule has 28 heavy (non-hydrogen) atoms. The monoisotopic (exact) mass is 386 g/mol. The largest absolute Gasteiger partial charge is 0.382 e. The third-order valence-corrected chi connectivity index (χ3v) is 5.36. The molecule has 1 fully saturated rings. The minimum Gasteiger partial charge on any atom is -0.382 e.